The lowest BCUT2D eigenvalue weighted by Gasteiger charge is -2.16. The molecule has 11 nitrogen and oxygen atoms in total. The Morgan fingerprint density at radius 3 is 2.55 bits per heavy atom. The van der Waals surface area contributed by atoms with Crippen LogP contribution in [-0.4, -0.2) is 64.3 Å². The van der Waals surface area contributed by atoms with Crippen molar-refractivity contribution >= 4 is 57.7 Å². The topological polar surface area (TPSA) is 140 Å². The van der Waals surface area contributed by atoms with E-state index in [1.165, 1.54) is 0 Å². The molecule has 0 saturated carbocycles. The van der Waals surface area contributed by atoms with Gasteiger partial charge in [0.05, 0.1) is 41.2 Å². The van der Waals surface area contributed by atoms with Crippen LogP contribution in [0.15, 0.2) is 67.0 Å². The van der Waals surface area contributed by atoms with E-state index in [4.69, 9.17) is 54.4 Å². The van der Waals surface area contributed by atoms with Crippen LogP contribution in [0.2, 0.25) is 15.1 Å². The molecule has 5 aromatic rings. The molecule has 3 heterocycles. The second-order valence-electron chi connectivity index (χ2n) is 11.5. The minimum absolute atomic E-state index is 0.0861. The van der Waals surface area contributed by atoms with Gasteiger partial charge in [-0.25, -0.2) is 9.97 Å². The van der Waals surface area contributed by atoms with Gasteiger partial charge in [-0.05, 0) is 24.6 Å². The third kappa shape index (κ3) is 7.92. The Kier molecular flexibility index (Phi) is 10.9. The number of carbonyl (C=O) groups excluding carboxylic acids is 1. The molecule has 1 aliphatic heterocycles. The third-order valence-corrected chi connectivity index (χ3v) is 9.15. The molecule has 49 heavy (non-hydrogen) atoms. The van der Waals surface area contributed by atoms with E-state index in [0.29, 0.717) is 92.9 Å². The Morgan fingerprint density at radius 2 is 1.80 bits per heavy atom. The number of methoxy groups -OCH3 is 1. The van der Waals surface area contributed by atoms with Gasteiger partial charge in [0.2, 0.25) is 11.8 Å². The quantitative estimate of drug-likeness (QED) is 0.0938. The lowest BCUT2D eigenvalue weighted by molar-refractivity contribution is -0.136. The van der Waals surface area contributed by atoms with Crippen molar-refractivity contribution in [2.75, 3.05) is 26.7 Å². The maximum Gasteiger partial charge on any atom is 0.317 e. The fraction of sp³-hybridized carbons (Fsp3) is 0.257. The number of pyridine rings is 1. The number of rotatable bonds is 14. The average Bonchev–Trinajstić information content (AvgIpc) is 3.69. The summed E-state index contributed by atoms with van der Waals surface area (Å²) in [5, 5.41) is 19.3. The van der Waals surface area contributed by atoms with Crippen LogP contribution in [0.25, 0.3) is 33.4 Å². The number of imidazole rings is 1. The van der Waals surface area contributed by atoms with Gasteiger partial charge >= 0.3 is 5.97 Å². The Labute approximate surface area is 297 Å². The number of ether oxygens (including phenoxy) is 2. The van der Waals surface area contributed by atoms with E-state index in [9.17, 15) is 9.59 Å². The molecule has 0 aliphatic carbocycles. The summed E-state index contributed by atoms with van der Waals surface area (Å²) in [7, 11) is 1.58. The highest BCUT2D eigenvalue weighted by molar-refractivity contribution is 6.38. The van der Waals surface area contributed by atoms with Crippen LogP contribution in [0.1, 0.15) is 18.4 Å². The molecule has 2 aromatic heterocycles. The third-order valence-electron chi connectivity index (χ3n) is 8.13. The summed E-state index contributed by atoms with van der Waals surface area (Å²) in [5.41, 5.74) is 4.87. The van der Waals surface area contributed by atoms with Gasteiger partial charge < -0.3 is 35.1 Å². The predicted molar refractivity (Wildman–Crippen MR) is 190 cm³/mol. The Bertz CT molecular complexity index is 2020. The first-order chi connectivity index (χ1) is 23.7. The number of nitrogens with zero attached hydrogens (tertiary/aromatic N) is 3. The molecule has 0 spiro atoms. The number of hydrogen-bond acceptors (Lipinski definition) is 8. The number of hydrogen-bond donors (Lipinski definition) is 4. The molecule has 1 aliphatic rings. The van der Waals surface area contributed by atoms with Crippen molar-refractivity contribution in [3.8, 4) is 39.8 Å². The van der Waals surface area contributed by atoms with Crippen molar-refractivity contribution in [1.29, 1.82) is 0 Å². The summed E-state index contributed by atoms with van der Waals surface area (Å²) >= 11 is 20.5. The van der Waals surface area contributed by atoms with Crippen LogP contribution < -0.4 is 25.4 Å². The number of carbonyl (C=O) groups is 2. The smallest absolute Gasteiger partial charge is 0.317 e. The van der Waals surface area contributed by atoms with Gasteiger partial charge in [0.25, 0.3) is 0 Å². The number of aliphatic carboxylic acids is 1. The number of carboxylic acids is 1. The molecular formula is C35H33Cl3N6O5. The van der Waals surface area contributed by atoms with E-state index < -0.39 is 5.97 Å². The summed E-state index contributed by atoms with van der Waals surface area (Å²) in [6, 6.07) is 18.5. The van der Waals surface area contributed by atoms with E-state index >= 15 is 0 Å². The molecule has 0 radical (unpaired) electrons. The minimum Gasteiger partial charge on any atom is -0.481 e. The minimum atomic E-state index is -0.926. The maximum absolute atomic E-state index is 11.5. The first kappa shape index (κ1) is 34.5. The molecule has 3 aromatic carbocycles. The highest BCUT2D eigenvalue weighted by Crippen LogP contribution is 2.44. The van der Waals surface area contributed by atoms with Gasteiger partial charge in [0, 0.05) is 72.0 Å². The van der Waals surface area contributed by atoms with Crippen molar-refractivity contribution < 1.29 is 24.2 Å². The highest BCUT2D eigenvalue weighted by Gasteiger charge is 2.21. The van der Waals surface area contributed by atoms with E-state index in [-0.39, 0.29) is 18.5 Å². The molecule has 4 N–H and O–H groups in total. The number of amides is 1. The number of halogens is 3. The van der Waals surface area contributed by atoms with E-state index in [2.05, 4.69) is 20.9 Å². The molecule has 1 atom stereocenters. The van der Waals surface area contributed by atoms with Crippen LogP contribution >= 0.6 is 34.8 Å². The lowest BCUT2D eigenvalue weighted by Crippen LogP contribution is -2.35. The highest BCUT2D eigenvalue weighted by atomic mass is 35.5. The van der Waals surface area contributed by atoms with Gasteiger partial charge in [-0.3, -0.25) is 9.59 Å². The number of benzene rings is 3. The van der Waals surface area contributed by atoms with Crippen LogP contribution in [0.3, 0.4) is 0 Å². The van der Waals surface area contributed by atoms with Crippen LogP contribution in [-0.2, 0) is 22.7 Å². The molecule has 254 valence electrons. The zero-order valence-electron chi connectivity index (χ0n) is 26.4. The number of aromatic nitrogens is 3. The first-order valence-corrected chi connectivity index (χ1v) is 16.7. The Hall–Kier alpha value is -4.39. The fourth-order valence-electron chi connectivity index (χ4n) is 5.75. The van der Waals surface area contributed by atoms with Crippen LogP contribution in [0.5, 0.6) is 17.4 Å². The number of fused-ring (bicyclic) bond motifs is 1. The first-order valence-electron chi connectivity index (χ1n) is 15.6. The Morgan fingerprint density at radius 1 is 1.02 bits per heavy atom. The van der Waals surface area contributed by atoms with Gasteiger partial charge in [-0.2, -0.15) is 0 Å². The summed E-state index contributed by atoms with van der Waals surface area (Å²) in [5.74, 6) is 0.434. The average molecular weight is 724 g/mol. The zero-order valence-corrected chi connectivity index (χ0v) is 28.7. The van der Waals surface area contributed by atoms with Crippen molar-refractivity contribution in [2.24, 2.45) is 0 Å². The zero-order chi connectivity index (χ0) is 34.5. The van der Waals surface area contributed by atoms with Crippen LogP contribution in [0, 0.1) is 0 Å². The summed E-state index contributed by atoms with van der Waals surface area (Å²) in [4.78, 5) is 31.6. The lowest BCUT2D eigenvalue weighted by atomic mass is 10.0. The second-order valence-corrected chi connectivity index (χ2v) is 12.7. The standard InChI is InChI=1S/C35H33Cl3N6O5/c1-48-35-20(16-40-17-22-9-11-30(45)42-22)8-10-26(43-35)25-6-2-4-23(32(25)37)24-5-3-7-28(33(24)38)49-29-15-21(36)14-27-34(29)41-19-44(27)13-12-39-18-31(46)47/h2-8,10,14-15,19,22,39-40H,9,11-13,16-18H2,1H3,(H,42,45)(H,46,47)/t22-/m0/s1. The van der Waals surface area contributed by atoms with Crippen molar-refractivity contribution in [2.45, 2.75) is 32.0 Å². The van der Waals surface area contributed by atoms with Gasteiger partial charge in [0.1, 0.15) is 11.3 Å². The molecule has 6 rings (SSSR count). The summed E-state index contributed by atoms with van der Waals surface area (Å²) in [6.45, 7) is 1.97. The number of nitrogens with one attached hydrogen (secondary N) is 3. The van der Waals surface area contributed by atoms with E-state index in [1.54, 1.807) is 31.6 Å². The second kappa shape index (κ2) is 15.4. The SMILES string of the molecule is COc1nc(-c2cccc(-c3cccc(Oc4cc(Cl)cc5c4ncn5CCNCC(=O)O)c3Cl)c2Cl)ccc1CNC[C@@H]1CCC(=O)N1. The predicted octanol–water partition coefficient (Wildman–Crippen LogP) is 6.57. The molecule has 0 bridgehead atoms. The molecule has 0 unspecified atom stereocenters. The summed E-state index contributed by atoms with van der Waals surface area (Å²) < 4.78 is 13.8. The van der Waals surface area contributed by atoms with Gasteiger partial charge in [-0.15, -0.1) is 0 Å². The van der Waals surface area contributed by atoms with E-state index in [1.807, 2.05) is 47.0 Å². The van der Waals surface area contributed by atoms with Gasteiger partial charge in [-0.1, -0.05) is 71.2 Å². The monoisotopic (exact) mass is 722 g/mol. The van der Waals surface area contributed by atoms with Gasteiger partial charge in [0.15, 0.2) is 5.75 Å². The summed E-state index contributed by atoms with van der Waals surface area (Å²) in [6.07, 6.45) is 3.04. The van der Waals surface area contributed by atoms with E-state index in [0.717, 1.165) is 17.5 Å². The van der Waals surface area contributed by atoms with Crippen molar-refractivity contribution in [1.82, 2.24) is 30.5 Å². The fourth-order valence-corrected chi connectivity index (χ4v) is 6.54. The molecule has 1 saturated heterocycles. The molecule has 1 fully saturated rings. The normalized spacial score (nSPS) is 14.3. The number of carboxylic acid groups (broad SMARTS) is 1. The van der Waals surface area contributed by atoms with Crippen molar-refractivity contribution in [3.63, 3.8) is 0 Å². The largest absolute Gasteiger partial charge is 0.481 e. The maximum atomic E-state index is 11.5. The molecular weight excluding hydrogens is 691 g/mol. The Balaban J connectivity index is 1.23. The molecule has 14 heteroatoms. The van der Waals surface area contributed by atoms with Crippen LogP contribution in [0.4, 0.5) is 0 Å². The van der Waals surface area contributed by atoms with Crippen molar-refractivity contribution in [3.05, 3.63) is 87.6 Å². The molecule has 1 amide bonds.